The molecular weight excluding hydrogens is 602 g/mol. The van der Waals surface area contributed by atoms with Crippen LogP contribution in [0.2, 0.25) is 0 Å². The number of hydrogen-bond acceptors (Lipinski definition) is 6. The number of anilines is 1. The number of rotatable bonds is 14. The number of sulfonamides is 1. The van der Waals surface area contributed by atoms with E-state index in [0.717, 1.165) is 21.0 Å². The molecular formula is C36H41N3O6S. The van der Waals surface area contributed by atoms with Gasteiger partial charge in [-0.1, -0.05) is 66.7 Å². The first-order valence-electron chi connectivity index (χ1n) is 15.0. The van der Waals surface area contributed by atoms with Gasteiger partial charge in [0.15, 0.2) is 0 Å². The van der Waals surface area contributed by atoms with E-state index in [-0.39, 0.29) is 41.2 Å². The molecule has 0 aliphatic heterocycles. The monoisotopic (exact) mass is 643 g/mol. The fourth-order valence-corrected chi connectivity index (χ4v) is 6.55. The summed E-state index contributed by atoms with van der Waals surface area (Å²) in [7, 11) is -1.36. The molecule has 46 heavy (non-hydrogen) atoms. The van der Waals surface area contributed by atoms with Crippen molar-refractivity contribution in [2.75, 3.05) is 25.1 Å². The Hall–Kier alpha value is -4.83. The van der Waals surface area contributed by atoms with Gasteiger partial charge in [0.2, 0.25) is 11.8 Å². The van der Waals surface area contributed by atoms with Gasteiger partial charge in [0, 0.05) is 19.0 Å². The number of carbonyl (C=O) groups is 2. The maximum atomic E-state index is 14.6. The molecule has 4 aromatic carbocycles. The fraction of sp³-hybridized carbons (Fsp3) is 0.278. The summed E-state index contributed by atoms with van der Waals surface area (Å²) in [5.74, 6) is -0.117. The van der Waals surface area contributed by atoms with Gasteiger partial charge in [0.05, 0.1) is 24.8 Å². The topological polar surface area (TPSA) is 105 Å². The van der Waals surface area contributed by atoms with Gasteiger partial charge < -0.3 is 19.7 Å². The van der Waals surface area contributed by atoms with E-state index in [1.807, 2.05) is 75.4 Å². The second kappa shape index (κ2) is 15.4. The van der Waals surface area contributed by atoms with E-state index < -0.39 is 28.5 Å². The van der Waals surface area contributed by atoms with Crippen LogP contribution in [0.3, 0.4) is 0 Å². The van der Waals surface area contributed by atoms with Gasteiger partial charge in [-0.05, 0) is 73.9 Å². The molecule has 10 heteroatoms. The largest absolute Gasteiger partial charge is 0.497 e. The molecule has 2 amide bonds. The predicted molar refractivity (Wildman–Crippen MR) is 179 cm³/mol. The minimum Gasteiger partial charge on any atom is -0.497 e. The third-order valence-electron chi connectivity index (χ3n) is 7.58. The number of aryl methyl sites for hydroxylation is 1. The standard InChI is InChI=1S/C36H41N3O6S/c1-26(2)37-36(41)33(23-28-14-7-6-8-15-28)38(24-29-16-10-9-13-27(29)3)35(40)25-39(32-17-11-12-18-34(32)45-5)46(42,43)31-21-19-30(44-4)20-22-31/h6-22,26,33H,23-25H2,1-5H3,(H,37,41)/t33-/m0/s1. The average molecular weight is 644 g/mol. The van der Waals surface area contributed by atoms with E-state index in [1.165, 1.54) is 31.3 Å². The van der Waals surface area contributed by atoms with Crippen LogP contribution in [0.1, 0.15) is 30.5 Å². The van der Waals surface area contributed by atoms with E-state index in [4.69, 9.17) is 9.47 Å². The quantitative estimate of drug-likeness (QED) is 0.198. The number of ether oxygens (including phenoxy) is 2. The number of methoxy groups -OCH3 is 2. The molecule has 0 fully saturated rings. The maximum absolute atomic E-state index is 14.6. The van der Waals surface area contributed by atoms with Gasteiger partial charge in [-0.3, -0.25) is 13.9 Å². The molecule has 0 saturated heterocycles. The molecule has 0 aliphatic carbocycles. The van der Waals surface area contributed by atoms with Crippen molar-refractivity contribution in [1.82, 2.24) is 10.2 Å². The van der Waals surface area contributed by atoms with E-state index in [0.29, 0.717) is 5.75 Å². The van der Waals surface area contributed by atoms with E-state index in [2.05, 4.69) is 5.32 Å². The van der Waals surface area contributed by atoms with Crippen LogP contribution in [0.5, 0.6) is 11.5 Å². The number of benzene rings is 4. The zero-order chi connectivity index (χ0) is 33.3. The first kappa shape index (κ1) is 34.1. The minimum absolute atomic E-state index is 0.0316. The zero-order valence-corrected chi connectivity index (χ0v) is 27.7. The van der Waals surface area contributed by atoms with Crippen LogP contribution in [0.15, 0.2) is 108 Å². The molecule has 0 saturated carbocycles. The molecule has 242 valence electrons. The Bertz CT molecular complexity index is 1730. The Morgan fingerprint density at radius 3 is 2.07 bits per heavy atom. The van der Waals surface area contributed by atoms with Gasteiger partial charge in [-0.2, -0.15) is 0 Å². The summed E-state index contributed by atoms with van der Waals surface area (Å²) >= 11 is 0. The molecule has 0 heterocycles. The molecule has 0 bridgehead atoms. The van der Waals surface area contributed by atoms with Crippen molar-refractivity contribution in [2.45, 2.75) is 50.7 Å². The van der Waals surface area contributed by atoms with E-state index >= 15 is 0 Å². The van der Waals surface area contributed by atoms with Crippen LogP contribution in [-0.2, 0) is 32.6 Å². The van der Waals surface area contributed by atoms with Crippen molar-refractivity contribution in [3.05, 3.63) is 120 Å². The van der Waals surface area contributed by atoms with Crippen LogP contribution in [-0.4, -0.2) is 58.0 Å². The predicted octanol–water partition coefficient (Wildman–Crippen LogP) is 5.37. The molecule has 0 unspecified atom stereocenters. The van der Waals surface area contributed by atoms with E-state index in [9.17, 15) is 18.0 Å². The molecule has 0 aliphatic rings. The number of hydrogen-bond donors (Lipinski definition) is 1. The molecule has 0 aromatic heterocycles. The molecule has 4 rings (SSSR count). The summed E-state index contributed by atoms with van der Waals surface area (Å²) in [4.78, 5) is 29.9. The molecule has 9 nitrogen and oxygen atoms in total. The molecule has 4 aromatic rings. The summed E-state index contributed by atoms with van der Waals surface area (Å²) in [5, 5.41) is 2.97. The lowest BCUT2D eigenvalue weighted by atomic mass is 10.0. The third kappa shape index (κ3) is 8.25. The first-order chi connectivity index (χ1) is 22.0. The molecule has 0 radical (unpaired) electrons. The lowest BCUT2D eigenvalue weighted by Gasteiger charge is -2.34. The van der Waals surface area contributed by atoms with Crippen LogP contribution in [0.4, 0.5) is 5.69 Å². The Balaban J connectivity index is 1.84. The number of carbonyl (C=O) groups excluding carboxylic acids is 2. The van der Waals surface area contributed by atoms with Gasteiger partial charge in [0.1, 0.15) is 24.1 Å². The first-order valence-corrected chi connectivity index (χ1v) is 16.5. The Labute approximate surface area is 271 Å². The van der Waals surface area contributed by atoms with Gasteiger partial charge in [0.25, 0.3) is 10.0 Å². The molecule has 0 spiro atoms. The van der Waals surface area contributed by atoms with Crippen molar-refractivity contribution in [2.24, 2.45) is 0 Å². The number of amides is 2. The summed E-state index contributed by atoms with van der Waals surface area (Å²) in [6.45, 7) is 5.16. The highest BCUT2D eigenvalue weighted by Gasteiger charge is 2.35. The lowest BCUT2D eigenvalue weighted by Crippen LogP contribution is -2.54. The second-order valence-electron chi connectivity index (χ2n) is 11.2. The number of nitrogens with zero attached hydrogens (tertiary/aromatic N) is 2. The van der Waals surface area contributed by atoms with Crippen molar-refractivity contribution in [3.8, 4) is 11.5 Å². The fourth-order valence-electron chi connectivity index (χ4n) is 5.13. The number of para-hydroxylation sites is 2. The zero-order valence-electron chi connectivity index (χ0n) is 26.8. The summed E-state index contributed by atoms with van der Waals surface area (Å²) in [6.07, 6.45) is 0.233. The van der Waals surface area contributed by atoms with Crippen molar-refractivity contribution in [3.63, 3.8) is 0 Å². The lowest BCUT2D eigenvalue weighted by molar-refractivity contribution is -0.140. The second-order valence-corrected chi connectivity index (χ2v) is 13.0. The van der Waals surface area contributed by atoms with Crippen molar-refractivity contribution >= 4 is 27.5 Å². The normalized spacial score (nSPS) is 11.9. The minimum atomic E-state index is -4.30. The molecule has 1 atom stereocenters. The highest BCUT2D eigenvalue weighted by atomic mass is 32.2. The van der Waals surface area contributed by atoms with Crippen LogP contribution >= 0.6 is 0 Å². The van der Waals surface area contributed by atoms with Crippen molar-refractivity contribution in [1.29, 1.82) is 0 Å². The van der Waals surface area contributed by atoms with Gasteiger partial charge >= 0.3 is 0 Å². The van der Waals surface area contributed by atoms with Crippen molar-refractivity contribution < 1.29 is 27.5 Å². The Morgan fingerprint density at radius 1 is 0.804 bits per heavy atom. The summed E-state index contributed by atoms with van der Waals surface area (Å²) < 4.78 is 40.4. The van der Waals surface area contributed by atoms with E-state index in [1.54, 1.807) is 36.4 Å². The highest BCUT2D eigenvalue weighted by molar-refractivity contribution is 7.92. The summed E-state index contributed by atoms with van der Waals surface area (Å²) in [6, 6.07) is 28.6. The summed E-state index contributed by atoms with van der Waals surface area (Å²) in [5.41, 5.74) is 2.83. The maximum Gasteiger partial charge on any atom is 0.264 e. The average Bonchev–Trinajstić information content (AvgIpc) is 3.06. The Morgan fingerprint density at radius 2 is 1.43 bits per heavy atom. The van der Waals surface area contributed by atoms with Crippen LogP contribution in [0.25, 0.3) is 0 Å². The SMILES string of the molecule is COc1ccc(S(=O)(=O)N(CC(=O)N(Cc2ccccc2C)[C@@H](Cc2ccccc2)C(=O)NC(C)C)c2ccccc2OC)cc1. The van der Waals surface area contributed by atoms with Crippen LogP contribution < -0.4 is 19.1 Å². The van der Waals surface area contributed by atoms with Crippen LogP contribution in [0, 0.1) is 6.92 Å². The third-order valence-corrected chi connectivity index (χ3v) is 9.36. The smallest absolute Gasteiger partial charge is 0.264 e. The highest BCUT2D eigenvalue weighted by Crippen LogP contribution is 2.33. The Kier molecular flexibility index (Phi) is 11.4. The van der Waals surface area contributed by atoms with Gasteiger partial charge in [-0.25, -0.2) is 8.42 Å². The number of nitrogens with one attached hydrogen (secondary N) is 1. The molecule has 1 N–H and O–H groups in total. The van der Waals surface area contributed by atoms with Gasteiger partial charge in [-0.15, -0.1) is 0 Å².